The molecular formula is C15H14N4O. The van der Waals surface area contributed by atoms with E-state index >= 15 is 0 Å². The second-order valence-electron chi connectivity index (χ2n) is 4.32. The first-order valence-electron chi connectivity index (χ1n) is 6.37. The molecule has 0 unspecified atom stereocenters. The molecule has 3 rings (SSSR count). The van der Waals surface area contributed by atoms with Crippen LogP contribution in [0.4, 0.5) is 0 Å². The first kappa shape index (κ1) is 12.5. The molecule has 0 saturated carbocycles. The maximum atomic E-state index is 5.18. The third-order valence-corrected chi connectivity index (χ3v) is 2.86. The maximum absolute atomic E-state index is 5.18. The lowest BCUT2D eigenvalue weighted by molar-refractivity contribution is 0.370. The topological polar surface area (TPSA) is 63.8 Å². The summed E-state index contributed by atoms with van der Waals surface area (Å²) in [4.78, 5) is 8.86. The van der Waals surface area contributed by atoms with E-state index in [4.69, 9.17) is 4.52 Å². The van der Waals surface area contributed by atoms with Crippen molar-refractivity contribution in [3.05, 3.63) is 54.9 Å². The zero-order chi connectivity index (χ0) is 13.8. The summed E-state index contributed by atoms with van der Waals surface area (Å²) in [6.45, 7) is 4.86. The molecule has 0 aliphatic heterocycles. The first-order valence-corrected chi connectivity index (χ1v) is 6.37. The number of rotatable bonds is 5. The molecule has 1 N–H and O–H groups in total. The number of benzene rings is 1. The first-order chi connectivity index (χ1) is 9.86. The van der Waals surface area contributed by atoms with Gasteiger partial charge in [-0.25, -0.2) is 4.98 Å². The van der Waals surface area contributed by atoms with Crippen molar-refractivity contribution in [2.75, 3.05) is 6.54 Å². The molecule has 100 valence electrons. The van der Waals surface area contributed by atoms with Crippen LogP contribution in [0.3, 0.4) is 0 Å². The van der Waals surface area contributed by atoms with Crippen LogP contribution in [0, 0.1) is 0 Å². The molecule has 0 aliphatic rings. The molecule has 1 aromatic carbocycles. The summed E-state index contributed by atoms with van der Waals surface area (Å²) in [5.41, 5.74) is 1.63. The number of aromatic nitrogens is 3. The number of nitrogens with zero attached hydrogens (tertiary/aromatic N) is 3. The second-order valence-corrected chi connectivity index (χ2v) is 4.32. The summed E-state index contributed by atoms with van der Waals surface area (Å²) in [6, 6.07) is 11.8. The number of hydrogen-bond acceptors (Lipinski definition) is 5. The van der Waals surface area contributed by atoms with Crippen molar-refractivity contribution < 1.29 is 4.52 Å². The highest BCUT2D eigenvalue weighted by molar-refractivity contribution is 5.80. The summed E-state index contributed by atoms with van der Waals surface area (Å²) in [7, 11) is 0. The van der Waals surface area contributed by atoms with Crippen molar-refractivity contribution in [1.29, 1.82) is 0 Å². The van der Waals surface area contributed by atoms with Crippen LogP contribution in [0.25, 0.3) is 22.4 Å². The zero-order valence-electron chi connectivity index (χ0n) is 10.9. The van der Waals surface area contributed by atoms with E-state index in [-0.39, 0.29) is 0 Å². The van der Waals surface area contributed by atoms with Crippen molar-refractivity contribution in [3.63, 3.8) is 0 Å². The molecule has 0 fully saturated rings. The molecule has 0 atom stereocenters. The van der Waals surface area contributed by atoms with Gasteiger partial charge >= 0.3 is 0 Å². The highest BCUT2D eigenvalue weighted by atomic mass is 16.5. The normalized spacial score (nSPS) is 10.8. The van der Waals surface area contributed by atoms with Crippen molar-refractivity contribution in [3.8, 4) is 11.5 Å². The Morgan fingerprint density at radius 3 is 2.95 bits per heavy atom. The lowest BCUT2D eigenvalue weighted by Gasteiger charge is -1.98. The fourth-order valence-corrected chi connectivity index (χ4v) is 1.90. The quantitative estimate of drug-likeness (QED) is 0.568. The molecule has 3 aromatic rings. The van der Waals surface area contributed by atoms with Gasteiger partial charge in [0, 0.05) is 11.9 Å². The van der Waals surface area contributed by atoms with Crippen LogP contribution < -0.4 is 5.32 Å². The molecule has 0 aliphatic carbocycles. The van der Waals surface area contributed by atoms with Crippen LogP contribution >= 0.6 is 0 Å². The molecule has 0 radical (unpaired) electrons. The summed E-state index contributed by atoms with van der Waals surface area (Å²) in [5.74, 6) is 1.04. The van der Waals surface area contributed by atoms with Crippen LogP contribution in [-0.2, 0) is 6.54 Å². The van der Waals surface area contributed by atoms with Gasteiger partial charge in [-0.1, -0.05) is 35.5 Å². The second kappa shape index (κ2) is 5.63. The Morgan fingerprint density at radius 2 is 2.05 bits per heavy atom. The highest BCUT2D eigenvalue weighted by Crippen LogP contribution is 2.18. The number of fused-ring (bicyclic) bond motifs is 1. The molecule has 0 amide bonds. The van der Waals surface area contributed by atoms with Crippen LogP contribution in [0.5, 0.6) is 0 Å². The molecule has 0 bridgehead atoms. The molecule has 5 heteroatoms. The molecule has 5 nitrogen and oxygen atoms in total. The molecule has 2 aromatic heterocycles. The number of para-hydroxylation sites is 1. The van der Waals surface area contributed by atoms with Crippen molar-refractivity contribution in [1.82, 2.24) is 20.4 Å². The van der Waals surface area contributed by atoms with E-state index in [2.05, 4.69) is 27.0 Å². The van der Waals surface area contributed by atoms with Crippen LogP contribution in [0.15, 0.2) is 53.6 Å². The van der Waals surface area contributed by atoms with Crippen LogP contribution in [0.2, 0.25) is 0 Å². The van der Waals surface area contributed by atoms with Gasteiger partial charge in [-0.3, -0.25) is 0 Å². The Hall–Kier alpha value is -2.53. The fourth-order valence-electron chi connectivity index (χ4n) is 1.90. The Labute approximate surface area is 116 Å². The average molecular weight is 266 g/mol. The van der Waals surface area contributed by atoms with Gasteiger partial charge in [0.15, 0.2) is 0 Å². The van der Waals surface area contributed by atoms with Gasteiger partial charge in [-0.05, 0) is 12.1 Å². The average Bonchev–Trinajstić information content (AvgIpc) is 2.96. The third-order valence-electron chi connectivity index (χ3n) is 2.86. The Balaban J connectivity index is 1.85. The third kappa shape index (κ3) is 2.57. The van der Waals surface area contributed by atoms with E-state index in [0.717, 1.165) is 10.9 Å². The Bertz CT molecular complexity index is 735. The summed E-state index contributed by atoms with van der Waals surface area (Å²) >= 11 is 0. The highest BCUT2D eigenvalue weighted by Gasteiger charge is 2.09. The Morgan fingerprint density at radius 1 is 1.15 bits per heavy atom. The minimum Gasteiger partial charge on any atom is -0.337 e. The fraction of sp³-hybridized carbons (Fsp3) is 0.133. The number of pyridine rings is 1. The van der Waals surface area contributed by atoms with Gasteiger partial charge in [0.2, 0.25) is 11.7 Å². The standard InChI is InChI=1S/C15H14N4O/c1-2-9-16-10-14-18-15(19-20-14)13-8-7-11-5-3-4-6-12(11)17-13/h2-8,16H,1,9-10H2. The van der Waals surface area contributed by atoms with Crippen LogP contribution in [-0.4, -0.2) is 21.7 Å². The van der Waals surface area contributed by atoms with E-state index in [0.29, 0.717) is 30.5 Å². The SMILES string of the molecule is C=CCNCc1nc(-c2ccc3ccccc3n2)no1. The maximum Gasteiger partial charge on any atom is 0.240 e. The zero-order valence-corrected chi connectivity index (χ0v) is 10.9. The molecule has 0 spiro atoms. The minimum absolute atomic E-state index is 0.506. The largest absolute Gasteiger partial charge is 0.337 e. The minimum atomic E-state index is 0.506. The van der Waals surface area contributed by atoms with E-state index in [1.807, 2.05) is 36.4 Å². The van der Waals surface area contributed by atoms with Gasteiger partial charge in [0.05, 0.1) is 12.1 Å². The van der Waals surface area contributed by atoms with Gasteiger partial charge < -0.3 is 9.84 Å². The van der Waals surface area contributed by atoms with Gasteiger partial charge in [0.25, 0.3) is 0 Å². The van der Waals surface area contributed by atoms with E-state index < -0.39 is 0 Å². The van der Waals surface area contributed by atoms with Crippen LogP contribution in [0.1, 0.15) is 5.89 Å². The smallest absolute Gasteiger partial charge is 0.240 e. The van der Waals surface area contributed by atoms with Gasteiger partial charge in [-0.2, -0.15) is 4.98 Å². The van der Waals surface area contributed by atoms with Gasteiger partial charge in [0.1, 0.15) is 5.69 Å². The Kier molecular flexibility index (Phi) is 3.52. The molecule has 0 saturated heterocycles. The van der Waals surface area contributed by atoms with Crippen molar-refractivity contribution in [2.45, 2.75) is 6.54 Å². The van der Waals surface area contributed by atoms with Gasteiger partial charge in [-0.15, -0.1) is 6.58 Å². The number of nitrogens with one attached hydrogen (secondary N) is 1. The van der Waals surface area contributed by atoms with E-state index in [1.165, 1.54) is 0 Å². The summed E-state index contributed by atoms with van der Waals surface area (Å²) in [6.07, 6.45) is 1.78. The summed E-state index contributed by atoms with van der Waals surface area (Å²) in [5, 5.41) is 8.16. The lowest BCUT2D eigenvalue weighted by atomic mass is 10.2. The predicted octanol–water partition coefficient (Wildman–Crippen LogP) is 2.56. The monoisotopic (exact) mass is 266 g/mol. The molecular weight excluding hydrogens is 252 g/mol. The van der Waals surface area contributed by atoms with E-state index in [9.17, 15) is 0 Å². The molecule has 2 heterocycles. The van der Waals surface area contributed by atoms with E-state index in [1.54, 1.807) is 6.08 Å². The van der Waals surface area contributed by atoms with Crippen molar-refractivity contribution in [2.24, 2.45) is 0 Å². The lowest BCUT2D eigenvalue weighted by Crippen LogP contribution is -2.12. The summed E-state index contributed by atoms with van der Waals surface area (Å²) < 4.78 is 5.18. The van der Waals surface area contributed by atoms with Crippen molar-refractivity contribution >= 4 is 10.9 Å². The number of hydrogen-bond donors (Lipinski definition) is 1. The molecule has 20 heavy (non-hydrogen) atoms. The predicted molar refractivity (Wildman–Crippen MR) is 76.9 cm³/mol.